The van der Waals surface area contributed by atoms with Crippen molar-refractivity contribution in [3.05, 3.63) is 0 Å². The van der Waals surface area contributed by atoms with Gasteiger partial charge >= 0.3 is 0 Å². The molecular weight excluding hydrogens is 212 g/mol. The number of carbonyl (C=O) groups excluding carboxylic acids is 1. The Morgan fingerprint density at radius 2 is 1.59 bits per heavy atom. The summed E-state index contributed by atoms with van der Waals surface area (Å²) >= 11 is 0. The summed E-state index contributed by atoms with van der Waals surface area (Å²) in [4.78, 5) is 11.9. The normalized spacial score (nSPS) is 11.9. The van der Waals surface area contributed by atoms with E-state index in [1.807, 2.05) is 20.9 Å². The van der Waals surface area contributed by atoms with Gasteiger partial charge in [-0.2, -0.15) is 0 Å². The standard InChI is InChI=1S/C14H30N2O/c1-12(2)14(3,4)13(17)16-11-9-7-6-8-10-15-5/h12,15H,6-11H2,1-5H3,(H,16,17). The number of hydrogen-bond acceptors (Lipinski definition) is 2. The van der Waals surface area contributed by atoms with Crippen molar-refractivity contribution in [2.75, 3.05) is 20.1 Å². The molecule has 0 aromatic heterocycles. The minimum Gasteiger partial charge on any atom is -0.356 e. The van der Waals surface area contributed by atoms with Crippen LogP contribution in [0.5, 0.6) is 0 Å². The SMILES string of the molecule is CNCCCCCCNC(=O)C(C)(C)C(C)C. The molecule has 0 atom stereocenters. The van der Waals surface area contributed by atoms with E-state index in [4.69, 9.17) is 0 Å². The van der Waals surface area contributed by atoms with Gasteiger partial charge in [0, 0.05) is 12.0 Å². The largest absolute Gasteiger partial charge is 0.356 e. The summed E-state index contributed by atoms with van der Waals surface area (Å²) in [6.07, 6.45) is 4.75. The van der Waals surface area contributed by atoms with E-state index in [9.17, 15) is 4.79 Å². The van der Waals surface area contributed by atoms with Crippen LogP contribution in [-0.2, 0) is 4.79 Å². The van der Waals surface area contributed by atoms with Crippen molar-refractivity contribution in [2.24, 2.45) is 11.3 Å². The highest BCUT2D eigenvalue weighted by Crippen LogP contribution is 2.25. The molecular formula is C14H30N2O. The number of rotatable bonds is 9. The fourth-order valence-corrected chi connectivity index (χ4v) is 1.47. The molecule has 0 heterocycles. The van der Waals surface area contributed by atoms with Gasteiger partial charge in [-0.3, -0.25) is 4.79 Å². The van der Waals surface area contributed by atoms with Gasteiger partial charge in [0.2, 0.25) is 5.91 Å². The molecule has 17 heavy (non-hydrogen) atoms. The lowest BCUT2D eigenvalue weighted by atomic mass is 9.80. The summed E-state index contributed by atoms with van der Waals surface area (Å²) in [5, 5.41) is 6.18. The molecule has 0 aliphatic rings. The van der Waals surface area contributed by atoms with Crippen LogP contribution in [0.3, 0.4) is 0 Å². The predicted molar refractivity (Wildman–Crippen MR) is 74.0 cm³/mol. The minimum absolute atomic E-state index is 0.183. The van der Waals surface area contributed by atoms with Gasteiger partial charge in [-0.1, -0.05) is 40.5 Å². The van der Waals surface area contributed by atoms with Crippen molar-refractivity contribution in [1.82, 2.24) is 10.6 Å². The molecule has 0 unspecified atom stereocenters. The third kappa shape index (κ3) is 6.67. The maximum atomic E-state index is 11.9. The fraction of sp³-hybridized carbons (Fsp3) is 0.929. The average molecular weight is 242 g/mol. The van der Waals surface area contributed by atoms with Crippen LogP contribution in [0.15, 0.2) is 0 Å². The highest BCUT2D eigenvalue weighted by atomic mass is 16.2. The summed E-state index contributed by atoms with van der Waals surface area (Å²) in [5.41, 5.74) is -0.258. The lowest BCUT2D eigenvalue weighted by molar-refractivity contribution is -0.131. The molecule has 0 saturated carbocycles. The Kier molecular flexibility index (Phi) is 8.23. The van der Waals surface area contributed by atoms with Crippen molar-refractivity contribution < 1.29 is 4.79 Å². The molecule has 0 radical (unpaired) electrons. The van der Waals surface area contributed by atoms with Crippen LogP contribution in [0.25, 0.3) is 0 Å². The first-order valence-electron chi connectivity index (χ1n) is 6.85. The maximum absolute atomic E-state index is 11.9. The summed E-state index contributed by atoms with van der Waals surface area (Å²) in [6, 6.07) is 0. The van der Waals surface area contributed by atoms with Crippen molar-refractivity contribution in [3.63, 3.8) is 0 Å². The molecule has 0 fully saturated rings. The van der Waals surface area contributed by atoms with Gasteiger partial charge in [-0.25, -0.2) is 0 Å². The zero-order chi connectivity index (χ0) is 13.3. The molecule has 0 bridgehead atoms. The van der Waals surface area contributed by atoms with Crippen molar-refractivity contribution in [1.29, 1.82) is 0 Å². The molecule has 102 valence electrons. The molecule has 3 nitrogen and oxygen atoms in total. The van der Waals surface area contributed by atoms with Crippen LogP contribution in [-0.4, -0.2) is 26.0 Å². The van der Waals surface area contributed by atoms with E-state index in [1.165, 1.54) is 19.3 Å². The van der Waals surface area contributed by atoms with Crippen LogP contribution in [0, 0.1) is 11.3 Å². The molecule has 0 aromatic rings. The van der Waals surface area contributed by atoms with E-state index in [1.54, 1.807) is 0 Å². The lowest BCUT2D eigenvalue weighted by Crippen LogP contribution is -2.40. The Morgan fingerprint density at radius 3 is 2.06 bits per heavy atom. The monoisotopic (exact) mass is 242 g/mol. The van der Waals surface area contributed by atoms with Gasteiger partial charge in [-0.15, -0.1) is 0 Å². The van der Waals surface area contributed by atoms with E-state index >= 15 is 0 Å². The quantitative estimate of drug-likeness (QED) is 0.610. The fourth-order valence-electron chi connectivity index (χ4n) is 1.47. The predicted octanol–water partition coefficient (Wildman–Crippen LogP) is 2.56. The number of amides is 1. The van der Waals surface area contributed by atoms with Crippen molar-refractivity contribution in [3.8, 4) is 0 Å². The first-order chi connectivity index (χ1) is 7.92. The van der Waals surface area contributed by atoms with E-state index in [0.29, 0.717) is 5.92 Å². The van der Waals surface area contributed by atoms with E-state index < -0.39 is 0 Å². The van der Waals surface area contributed by atoms with Gasteiger partial charge in [0.25, 0.3) is 0 Å². The van der Waals surface area contributed by atoms with Gasteiger partial charge in [0.05, 0.1) is 0 Å². The van der Waals surface area contributed by atoms with E-state index in [-0.39, 0.29) is 11.3 Å². The van der Waals surface area contributed by atoms with E-state index in [2.05, 4.69) is 24.5 Å². The van der Waals surface area contributed by atoms with Crippen molar-refractivity contribution >= 4 is 5.91 Å². The second-order valence-electron chi connectivity index (χ2n) is 5.65. The van der Waals surface area contributed by atoms with Gasteiger partial charge in [-0.05, 0) is 32.4 Å². The summed E-state index contributed by atoms with van der Waals surface area (Å²) in [5.74, 6) is 0.556. The zero-order valence-corrected chi connectivity index (χ0v) is 12.2. The Balaban J connectivity index is 3.58. The maximum Gasteiger partial charge on any atom is 0.225 e. The molecule has 0 aliphatic heterocycles. The molecule has 3 heteroatoms. The topological polar surface area (TPSA) is 41.1 Å². The van der Waals surface area contributed by atoms with Crippen LogP contribution < -0.4 is 10.6 Å². The van der Waals surface area contributed by atoms with Gasteiger partial charge in [0.15, 0.2) is 0 Å². The third-order valence-corrected chi connectivity index (χ3v) is 3.67. The summed E-state index contributed by atoms with van der Waals surface area (Å²) in [7, 11) is 1.98. The number of hydrogen-bond donors (Lipinski definition) is 2. The minimum atomic E-state index is -0.258. The van der Waals surface area contributed by atoms with Crippen LogP contribution in [0.2, 0.25) is 0 Å². The van der Waals surface area contributed by atoms with Gasteiger partial charge < -0.3 is 10.6 Å². The van der Waals surface area contributed by atoms with Crippen LogP contribution in [0.1, 0.15) is 53.4 Å². The van der Waals surface area contributed by atoms with Crippen molar-refractivity contribution in [2.45, 2.75) is 53.4 Å². The Morgan fingerprint density at radius 1 is 1.06 bits per heavy atom. The average Bonchev–Trinajstić information content (AvgIpc) is 2.27. The molecule has 0 rings (SSSR count). The summed E-state index contributed by atoms with van der Waals surface area (Å²) < 4.78 is 0. The second-order valence-corrected chi connectivity index (χ2v) is 5.65. The Hall–Kier alpha value is -0.570. The molecule has 0 saturated heterocycles. The summed E-state index contributed by atoms with van der Waals surface area (Å²) in [6.45, 7) is 10.1. The lowest BCUT2D eigenvalue weighted by Gasteiger charge is -2.27. The highest BCUT2D eigenvalue weighted by Gasteiger charge is 2.30. The van der Waals surface area contributed by atoms with Crippen LogP contribution in [0.4, 0.5) is 0 Å². The smallest absolute Gasteiger partial charge is 0.225 e. The molecule has 2 N–H and O–H groups in total. The second kappa shape index (κ2) is 8.51. The Bertz CT molecular complexity index is 212. The Labute approximate surface area is 107 Å². The molecule has 1 amide bonds. The van der Waals surface area contributed by atoms with Gasteiger partial charge in [0.1, 0.15) is 0 Å². The van der Waals surface area contributed by atoms with Crippen LogP contribution >= 0.6 is 0 Å². The third-order valence-electron chi connectivity index (χ3n) is 3.67. The first kappa shape index (κ1) is 16.4. The number of nitrogens with one attached hydrogen (secondary N) is 2. The molecule has 0 aliphatic carbocycles. The number of carbonyl (C=O) groups is 1. The first-order valence-corrected chi connectivity index (χ1v) is 6.85. The zero-order valence-electron chi connectivity index (χ0n) is 12.2. The highest BCUT2D eigenvalue weighted by molar-refractivity contribution is 5.81. The van der Waals surface area contributed by atoms with E-state index in [0.717, 1.165) is 19.5 Å². The molecule has 0 aromatic carbocycles. The molecule has 0 spiro atoms. The number of unbranched alkanes of at least 4 members (excludes halogenated alkanes) is 3.